The standard InChI is InChI=1S/C12H16O2/c1-8-4-5-9(2)11(6-8)7-10(3)12(13)14/h4-6,10H,7H2,1-3H3,(H,13,14)/t10-/m0/s1. The molecule has 0 aliphatic rings. The van der Waals surface area contributed by atoms with E-state index in [1.165, 1.54) is 11.1 Å². The number of carbonyl (C=O) groups is 1. The third kappa shape index (κ3) is 2.59. The second-order valence-corrected chi connectivity index (χ2v) is 3.87. The van der Waals surface area contributed by atoms with Crippen LogP contribution >= 0.6 is 0 Å². The largest absolute Gasteiger partial charge is 0.481 e. The van der Waals surface area contributed by atoms with Gasteiger partial charge in [-0.3, -0.25) is 4.79 Å². The number of rotatable bonds is 3. The molecule has 0 heterocycles. The molecule has 0 unspecified atom stereocenters. The molecule has 1 rings (SSSR count). The molecular formula is C12H16O2. The Morgan fingerprint density at radius 3 is 2.64 bits per heavy atom. The lowest BCUT2D eigenvalue weighted by Gasteiger charge is -2.09. The van der Waals surface area contributed by atoms with Crippen molar-refractivity contribution in [3.05, 3.63) is 34.9 Å². The topological polar surface area (TPSA) is 37.3 Å². The van der Waals surface area contributed by atoms with E-state index in [0.29, 0.717) is 6.42 Å². The maximum absolute atomic E-state index is 10.7. The summed E-state index contributed by atoms with van der Waals surface area (Å²) in [5.74, 6) is -1.04. The van der Waals surface area contributed by atoms with Crippen molar-refractivity contribution < 1.29 is 9.90 Å². The van der Waals surface area contributed by atoms with Crippen LogP contribution in [0, 0.1) is 19.8 Å². The molecule has 2 heteroatoms. The normalized spacial score (nSPS) is 12.5. The molecule has 2 nitrogen and oxygen atoms in total. The fourth-order valence-electron chi connectivity index (χ4n) is 1.44. The van der Waals surface area contributed by atoms with Gasteiger partial charge in [-0.2, -0.15) is 0 Å². The zero-order valence-electron chi connectivity index (χ0n) is 8.87. The highest BCUT2D eigenvalue weighted by Gasteiger charge is 2.12. The number of carboxylic acids is 1. The predicted octanol–water partition coefficient (Wildman–Crippen LogP) is 2.57. The maximum Gasteiger partial charge on any atom is 0.306 e. The van der Waals surface area contributed by atoms with Crippen LogP contribution < -0.4 is 0 Å². The summed E-state index contributed by atoms with van der Waals surface area (Å²) in [7, 11) is 0. The fourth-order valence-corrected chi connectivity index (χ4v) is 1.44. The third-order valence-corrected chi connectivity index (χ3v) is 2.45. The zero-order chi connectivity index (χ0) is 10.7. The molecule has 0 aliphatic carbocycles. The first kappa shape index (κ1) is 10.8. The number of hydrogen-bond donors (Lipinski definition) is 1. The summed E-state index contributed by atoms with van der Waals surface area (Å²) < 4.78 is 0. The van der Waals surface area contributed by atoms with Gasteiger partial charge in [-0.1, -0.05) is 30.7 Å². The molecule has 0 amide bonds. The Balaban J connectivity index is 2.85. The maximum atomic E-state index is 10.7. The summed E-state index contributed by atoms with van der Waals surface area (Å²) in [5.41, 5.74) is 3.49. The molecule has 0 fully saturated rings. The van der Waals surface area contributed by atoms with Crippen molar-refractivity contribution in [2.75, 3.05) is 0 Å². The van der Waals surface area contributed by atoms with Gasteiger partial charge in [-0.25, -0.2) is 0 Å². The Morgan fingerprint density at radius 2 is 2.07 bits per heavy atom. The van der Waals surface area contributed by atoms with Gasteiger partial charge in [0.05, 0.1) is 5.92 Å². The van der Waals surface area contributed by atoms with Crippen molar-refractivity contribution in [2.24, 2.45) is 5.92 Å². The second kappa shape index (κ2) is 4.27. The minimum atomic E-state index is -0.731. The lowest BCUT2D eigenvalue weighted by atomic mass is 9.96. The molecule has 1 atom stereocenters. The first-order valence-corrected chi connectivity index (χ1v) is 4.79. The first-order valence-electron chi connectivity index (χ1n) is 4.79. The zero-order valence-corrected chi connectivity index (χ0v) is 8.87. The Labute approximate surface area is 84.6 Å². The summed E-state index contributed by atoms with van der Waals surface area (Å²) in [5, 5.41) is 8.80. The second-order valence-electron chi connectivity index (χ2n) is 3.87. The van der Waals surface area contributed by atoms with Crippen LogP contribution in [0.3, 0.4) is 0 Å². The van der Waals surface area contributed by atoms with E-state index >= 15 is 0 Å². The van der Waals surface area contributed by atoms with Gasteiger partial charge in [-0.15, -0.1) is 0 Å². The van der Waals surface area contributed by atoms with Crippen molar-refractivity contribution in [1.82, 2.24) is 0 Å². The SMILES string of the molecule is Cc1ccc(C)c(C[C@H](C)C(=O)O)c1. The average molecular weight is 192 g/mol. The molecule has 0 aliphatic heterocycles. The van der Waals surface area contributed by atoms with Crippen LogP contribution in [0.15, 0.2) is 18.2 Å². The molecule has 1 aromatic rings. The Bertz CT molecular complexity index is 342. The van der Waals surface area contributed by atoms with Crippen LogP contribution in [-0.4, -0.2) is 11.1 Å². The lowest BCUT2D eigenvalue weighted by molar-refractivity contribution is -0.141. The quantitative estimate of drug-likeness (QED) is 0.799. The number of carboxylic acid groups (broad SMARTS) is 1. The van der Waals surface area contributed by atoms with E-state index in [2.05, 4.69) is 6.07 Å². The monoisotopic (exact) mass is 192 g/mol. The summed E-state index contributed by atoms with van der Waals surface area (Å²) in [6.45, 7) is 5.78. The molecule has 0 spiro atoms. The van der Waals surface area contributed by atoms with Gasteiger partial charge >= 0.3 is 5.97 Å². The van der Waals surface area contributed by atoms with E-state index in [1.807, 2.05) is 26.0 Å². The van der Waals surface area contributed by atoms with Crippen molar-refractivity contribution >= 4 is 5.97 Å². The lowest BCUT2D eigenvalue weighted by Crippen LogP contribution is -2.12. The summed E-state index contributed by atoms with van der Waals surface area (Å²) in [6.07, 6.45) is 0.614. The van der Waals surface area contributed by atoms with E-state index in [9.17, 15) is 4.79 Å². The van der Waals surface area contributed by atoms with Crippen molar-refractivity contribution in [3.8, 4) is 0 Å². The summed E-state index contributed by atoms with van der Waals surface area (Å²) >= 11 is 0. The minimum absolute atomic E-state index is 0.310. The van der Waals surface area contributed by atoms with Gasteiger partial charge in [0.25, 0.3) is 0 Å². The number of benzene rings is 1. The molecule has 1 N–H and O–H groups in total. The highest BCUT2D eigenvalue weighted by molar-refractivity contribution is 5.70. The predicted molar refractivity (Wildman–Crippen MR) is 56.4 cm³/mol. The molecule has 0 radical (unpaired) electrons. The molecule has 0 saturated carbocycles. The molecule has 0 aromatic heterocycles. The van der Waals surface area contributed by atoms with Crippen molar-refractivity contribution in [1.29, 1.82) is 0 Å². The van der Waals surface area contributed by atoms with E-state index in [0.717, 1.165) is 5.56 Å². The number of aryl methyl sites for hydroxylation is 2. The van der Waals surface area contributed by atoms with Gasteiger partial charge in [0, 0.05) is 0 Å². The Morgan fingerprint density at radius 1 is 1.43 bits per heavy atom. The van der Waals surface area contributed by atoms with Gasteiger partial charge in [0.1, 0.15) is 0 Å². The number of aliphatic carboxylic acids is 1. The summed E-state index contributed by atoms with van der Waals surface area (Å²) in [4.78, 5) is 10.7. The molecular weight excluding hydrogens is 176 g/mol. The van der Waals surface area contributed by atoms with Crippen LogP contribution in [0.5, 0.6) is 0 Å². The molecule has 0 saturated heterocycles. The van der Waals surface area contributed by atoms with E-state index in [4.69, 9.17) is 5.11 Å². The summed E-state index contributed by atoms with van der Waals surface area (Å²) in [6, 6.07) is 6.15. The molecule has 76 valence electrons. The molecule has 0 bridgehead atoms. The van der Waals surface area contributed by atoms with Gasteiger partial charge in [0.15, 0.2) is 0 Å². The third-order valence-electron chi connectivity index (χ3n) is 2.45. The minimum Gasteiger partial charge on any atom is -0.481 e. The molecule has 14 heavy (non-hydrogen) atoms. The van der Waals surface area contributed by atoms with Crippen LogP contribution in [0.2, 0.25) is 0 Å². The van der Waals surface area contributed by atoms with Crippen LogP contribution in [0.4, 0.5) is 0 Å². The van der Waals surface area contributed by atoms with Crippen LogP contribution in [0.25, 0.3) is 0 Å². The van der Waals surface area contributed by atoms with Crippen LogP contribution in [-0.2, 0) is 11.2 Å². The highest BCUT2D eigenvalue weighted by Crippen LogP contribution is 2.15. The Kier molecular flexibility index (Phi) is 3.28. The van der Waals surface area contributed by atoms with Gasteiger partial charge in [-0.05, 0) is 31.4 Å². The average Bonchev–Trinajstić information content (AvgIpc) is 2.11. The highest BCUT2D eigenvalue weighted by atomic mass is 16.4. The first-order chi connectivity index (χ1) is 6.50. The van der Waals surface area contributed by atoms with Gasteiger partial charge in [0.2, 0.25) is 0 Å². The van der Waals surface area contributed by atoms with Crippen molar-refractivity contribution in [3.63, 3.8) is 0 Å². The smallest absolute Gasteiger partial charge is 0.306 e. The van der Waals surface area contributed by atoms with E-state index in [-0.39, 0.29) is 5.92 Å². The van der Waals surface area contributed by atoms with E-state index in [1.54, 1.807) is 6.92 Å². The number of hydrogen-bond acceptors (Lipinski definition) is 1. The van der Waals surface area contributed by atoms with Crippen molar-refractivity contribution in [2.45, 2.75) is 27.2 Å². The fraction of sp³-hybridized carbons (Fsp3) is 0.417. The van der Waals surface area contributed by atoms with Crippen LogP contribution in [0.1, 0.15) is 23.6 Å². The van der Waals surface area contributed by atoms with E-state index < -0.39 is 5.97 Å². The Hall–Kier alpha value is -1.31. The molecule has 1 aromatic carbocycles. The van der Waals surface area contributed by atoms with Gasteiger partial charge < -0.3 is 5.11 Å².